The molecule has 3 N–H and O–H groups in total. The van der Waals surface area contributed by atoms with Crippen molar-refractivity contribution < 1.29 is 14.7 Å². The van der Waals surface area contributed by atoms with Gasteiger partial charge in [-0.05, 0) is 18.9 Å². The van der Waals surface area contributed by atoms with E-state index in [2.05, 4.69) is 10.6 Å². The number of hydrogen-bond acceptors (Lipinski definition) is 3. The molecule has 92 valence electrons. The van der Waals surface area contributed by atoms with Crippen LogP contribution in [0.1, 0.15) is 26.7 Å². The van der Waals surface area contributed by atoms with Crippen LogP contribution in [0.25, 0.3) is 0 Å². The SMILES string of the molecule is CCC(C)C(NC(=O)C1CCNC1)C(=O)O. The standard InChI is InChI=1S/C11H20N2O3/c1-3-7(2)9(11(15)16)13-10(14)8-4-5-12-6-8/h7-9,12H,3-6H2,1-2H3,(H,13,14)(H,15,16). The van der Waals surface area contributed by atoms with Crippen LogP contribution in [0.15, 0.2) is 0 Å². The van der Waals surface area contributed by atoms with Gasteiger partial charge in [-0.1, -0.05) is 20.3 Å². The van der Waals surface area contributed by atoms with Gasteiger partial charge in [-0.3, -0.25) is 4.79 Å². The Labute approximate surface area is 95.6 Å². The highest BCUT2D eigenvalue weighted by Crippen LogP contribution is 2.12. The van der Waals surface area contributed by atoms with Gasteiger partial charge in [0.05, 0.1) is 5.92 Å². The second kappa shape index (κ2) is 5.84. The molecule has 3 atom stereocenters. The molecule has 1 amide bonds. The Bertz CT molecular complexity index is 262. The first kappa shape index (κ1) is 13.0. The third-order valence-corrected chi connectivity index (χ3v) is 3.21. The number of nitrogens with one attached hydrogen (secondary N) is 2. The summed E-state index contributed by atoms with van der Waals surface area (Å²) in [5.74, 6) is -1.21. The Morgan fingerprint density at radius 3 is 2.69 bits per heavy atom. The zero-order valence-electron chi connectivity index (χ0n) is 9.82. The number of amides is 1. The van der Waals surface area contributed by atoms with Crippen molar-refractivity contribution in [2.75, 3.05) is 13.1 Å². The molecule has 5 heteroatoms. The number of carboxylic acids is 1. The van der Waals surface area contributed by atoms with E-state index in [1.165, 1.54) is 0 Å². The van der Waals surface area contributed by atoms with Crippen LogP contribution in [0, 0.1) is 11.8 Å². The first-order chi connectivity index (χ1) is 7.56. The quantitative estimate of drug-likeness (QED) is 0.628. The highest BCUT2D eigenvalue weighted by Gasteiger charge is 2.29. The van der Waals surface area contributed by atoms with Crippen molar-refractivity contribution in [3.8, 4) is 0 Å². The minimum atomic E-state index is -0.950. The van der Waals surface area contributed by atoms with Crippen LogP contribution in [0.3, 0.4) is 0 Å². The second-order valence-corrected chi connectivity index (χ2v) is 4.40. The molecule has 0 aromatic heterocycles. The van der Waals surface area contributed by atoms with Crippen molar-refractivity contribution in [1.29, 1.82) is 0 Å². The summed E-state index contributed by atoms with van der Waals surface area (Å²) in [5.41, 5.74) is 0. The minimum Gasteiger partial charge on any atom is -0.480 e. The summed E-state index contributed by atoms with van der Waals surface area (Å²) in [6, 6.07) is -0.766. The van der Waals surface area contributed by atoms with E-state index in [1.54, 1.807) is 0 Å². The Hall–Kier alpha value is -1.10. The summed E-state index contributed by atoms with van der Waals surface area (Å²) in [6.45, 7) is 5.24. The molecule has 0 radical (unpaired) electrons. The van der Waals surface area contributed by atoms with Crippen molar-refractivity contribution in [3.63, 3.8) is 0 Å². The molecule has 0 bridgehead atoms. The van der Waals surface area contributed by atoms with Gasteiger partial charge in [-0.2, -0.15) is 0 Å². The highest BCUT2D eigenvalue weighted by atomic mass is 16.4. The highest BCUT2D eigenvalue weighted by molar-refractivity contribution is 5.85. The van der Waals surface area contributed by atoms with E-state index >= 15 is 0 Å². The molecule has 16 heavy (non-hydrogen) atoms. The second-order valence-electron chi connectivity index (χ2n) is 4.40. The van der Waals surface area contributed by atoms with E-state index < -0.39 is 12.0 Å². The van der Waals surface area contributed by atoms with Crippen LogP contribution < -0.4 is 10.6 Å². The molecule has 1 saturated heterocycles. The predicted molar refractivity (Wildman–Crippen MR) is 60.0 cm³/mol. The maximum absolute atomic E-state index is 11.8. The minimum absolute atomic E-state index is 0.0455. The summed E-state index contributed by atoms with van der Waals surface area (Å²) in [4.78, 5) is 22.8. The van der Waals surface area contributed by atoms with Crippen molar-refractivity contribution in [3.05, 3.63) is 0 Å². The van der Waals surface area contributed by atoms with E-state index in [4.69, 9.17) is 5.11 Å². The molecule has 1 fully saturated rings. The topological polar surface area (TPSA) is 78.4 Å². The maximum Gasteiger partial charge on any atom is 0.326 e. The van der Waals surface area contributed by atoms with Gasteiger partial charge in [0.2, 0.25) is 5.91 Å². The molecule has 1 rings (SSSR count). The molecule has 0 spiro atoms. The summed E-state index contributed by atoms with van der Waals surface area (Å²) < 4.78 is 0. The molecule has 1 aliphatic heterocycles. The summed E-state index contributed by atoms with van der Waals surface area (Å²) in [5, 5.41) is 14.8. The Morgan fingerprint density at radius 1 is 1.56 bits per heavy atom. The summed E-state index contributed by atoms with van der Waals surface area (Å²) >= 11 is 0. The van der Waals surface area contributed by atoms with Crippen LogP contribution in [-0.2, 0) is 9.59 Å². The zero-order chi connectivity index (χ0) is 12.1. The van der Waals surface area contributed by atoms with E-state index in [9.17, 15) is 9.59 Å². The normalized spacial score (nSPS) is 23.8. The predicted octanol–water partition coefficient (Wildman–Crippen LogP) is 0.211. The number of rotatable bonds is 5. The number of hydrogen-bond donors (Lipinski definition) is 3. The molecule has 0 aromatic rings. The zero-order valence-corrected chi connectivity index (χ0v) is 9.82. The number of carbonyl (C=O) groups excluding carboxylic acids is 1. The van der Waals surface area contributed by atoms with Gasteiger partial charge >= 0.3 is 5.97 Å². The average molecular weight is 228 g/mol. The monoisotopic (exact) mass is 228 g/mol. The Morgan fingerprint density at radius 2 is 2.25 bits per heavy atom. The van der Waals surface area contributed by atoms with Crippen molar-refractivity contribution in [2.24, 2.45) is 11.8 Å². The fourth-order valence-corrected chi connectivity index (χ4v) is 1.83. The smallest absolute Gasteiger partial charge is 0.326 e. The lowest BCUT2D eigenvalue weighted by molar-refractivity contribution is -0.143. The largest absolute Gasteiger partial charge is 0.480 e. The van der Waals surface area contributed by atoms with Gasteiger partial charge in [0.25, 0.3) is 0 Å². The number of carboxylic acid groups (broad SMARTS) is 1. The molecule has 1 heterocycles. The fraction of sp³-hybridized carbons (Fsp3) is 0.818. The Balaban J connectivity index is 2.53. The van der Waals surface area contributed by atoms with Crippen LogP contribution in [0.4, 0.5) is 0 Å². The van der Waals surface area contributed by atoms with Crippen LogP contribution in [0.5, 0.6) is 0 Å². The van der Waals surface area contributed by atoms with Gasteiger partial charge in [-0.15, -0.1) is 0 Å². The van der Waals surface area contributed by atoms with Crippen molar-refractivity contribution in [2.45, 2.75) is 32.7 Å². The van der Waals surface area contributed by atoms with Gasteiger partial charge in [0.15, 0.2) is 0 Å². The number of aliphatic carboxylic acids is 1. The van der Waals surface area contributed by atoms with Gasteiger partial charge < -0.3 is 15.7 Å². The van der Waals surface area contributed by atoms with Crippen molar-refractivity contribution >= 4 is 11.9 Å². The van der Waals surface area contributed by atoms with Crippen LogP contribution in [0.2, 0.25) is 0 Å². The summed E-state index contributed by atoms with van der Waals surface area (Å²) in [6.07, 6.45) is 1.53. The van der Waals surface area contributed by atoms with Crippen LogP contribution >= 0.6 is 0 Å². The van der Waals surface area contributed by atoms with E-state index in [0.717, 1.165) is 19.4 Å². The lowest BCUT2D eigenvalue weighted by Gasteiger charge is -2.21. The molecule has 1 aliphatic rings. The van der Waals surface area contributed by atoms with E-state index in [1.807, 2.05) is 13.8 Å². The first-order valence-corrected chi connectivity index (χ1v) is 5.80. The molecule has 5 nitrogen and oxygen atoms in total. The molecular weight excluding hydrogens is 208 g/mol. The summed E-state index contributed by atoms with van der Waals surface area (Å²) in [7, 11) is 0. The molecule has 0 aromatic carbocycles. The van der Waals surface area contributed by atoms with Gasteiger partial charge in [-0.25, -0.2) is 4.79 Å². The van der Waals surface area contributed by atoms with Crippen molar-refractivity contribution in [1.82, 2.24) is 10.6 Å². The number of carbonyl (C=O) groups is 2. The van der Waals surface area contributed by atoms with Gasteiger partial charge in [0.1, 0.15) is 6.04 Å². The molecule has 0 saturated carbocycles. The van der Waals surface area contributed by atoms with Crippen LogP contribution in [-0.4, -0.2) is 36.1 Å². The van der Waals surface area contributed by atoms with E-state index in [-0.39, 0.29) is 17.7 Å². The fourth-order valence-electron chi connectivity index (χ4n) is 1.83. The Kier molecular flexibility index (Phi) is 4.73. The average Bonchev–Trinajstić information content (AvgIpc) is 2.77. The van der Waals surface area contributed by atoms with Gasteiger partial charge in [0, 0.05) is 6.54 Å². The molecular formula is C11H20N2O3. The third kappa shape index (κ3) is 3.20. The molecule has 0 aliphatic carbocycles. The lowest BCUT2D eigenvalue weighted by atomic mass is 9.98. The van der Waals surface area contributed by atoms with E-state index in [0.29, 0.717) is 6.54 Å². The lowest BCUT2D eigenvalue weighted by Crippen LogP contribution is -2.47. The third-order valence-electron chi connectivity index (χ3n) is 3.21. The maximum atomic E-state index is 11.8. The molecule has 3 unspecified atom stereocenters. The first-order valence-electron chi connectivity index (χ1n) is 5.80.